The van der Waals surface area contributed by atoms with E-state index >= 15 is 0 Å². The maximum atomic E-state index is 12.8. The van der Waals surface area contributed by atoms with Gasteiger partial charge in [-0.1, -0.05) is 12.1 Å². The van der Waals surface area contributed by atoms with Crippen LogP contribution < -0.4 is 10.7 Å². The van der Waals surface area contributed by atoms with E-state index in [9.17, 15) is 13.2 Å². The largest absolute Gasteiger partial charge is 0.460 e. The molecule has 0 fully saturated rings. The molecule has 1 heterocycles. The molecule has 2 aromatic rings. The van der Waals surface area contributed by atoms with Crippen LogP contribution in [-0.4, -0.2) is 11.3 Å². The summed E-state index contributed by atoms with van der Waals surface area (Å²) in [6.45, 7) is 1.78. The van der Waals surface area contributed by atoms with E-state index < -0.39 is 11.7 Å². The molecule has 0 saturated heterocycles. The van der Waals surface area contributed by atoms with E-state index in [4.69, 9.17) is 16.6 Å². The minimum atomic E-state index is -4.46. The quantitative estimate of drug-likeness (QED) is 0.509. The molecule has 0 aliphatic carbocycles. The van der Waals surface area contributed by atoms with E-state index in [1.807, 2.05) is 0 Å². The fourth-order valence-electron chi connectivity index (χ4n) is 1.67. The molecule has 22 heavy (non-hydrogen) atoms. The summed E-state index contributed by atoms with van der Waals surface area (Å²) in [6.07, 6.45) is -3.09. The average Bonchev–Trinajstić information content (AvgIpc) is 2.84. The summed E-state index contributed by atoms with van der Waals surface area (Å²) in [5.41, 5.74) is 1.49. The highest BCUT2D eigenvalue weighted by Crippen LogP contribution is 2.34. The summed E-state index contributed by atoms with van der Waals surface area (Å²) >= 11 is 4.91. The number of para-hydroxylation sites is 1. The molecule has 0 spiro atoms. The molecular formula is C14H12F3N3OS. The lowest BCUT2D eigenvalue weighted by Gasteiger charge is -2.14. The van der Waals surface area contributed by atoms with Crippen molar-refractivity contribution in [1.29, 1.82) is 0 Å². The Morgan fingerprint density at radius 3 is 2.59 bits per heavy atom. The van der Waals surface area contributed by atoms with Gasteiger partial charge in [-0.2, -0.15) is 18.3 Å². The zero-order valence-corrected chi connectivity index (χ0v) is 12.3. The van der Waals surface area contributed by atoms with Crippen molar-refractivity contribution in [1.82, 2.24) is 5.43 Å². The Morgan fingerprint density at radius 2 is 1.95 bits per heavy atom. The topological polar surface area (TPSA) is 49.6 Å². The molecule has 2 N–H and O–H groups in total. The molecular weight excluding hydrogens is 315 g/mol. The lowest BCUT2D eigenvalue weighted by Crippen LogP contribution is -2.25. The number of furan rings is 1. The molecule has 116 valence electrons. The van der Waals surface area contributed by atoms with Gasteiger partial charge in [0, 0.05) is 0 Å². The van der Waals surface area contributed by atoms with Gasteiger partial charge >= 0.3 is 6.18 Å². The molecule has 0 amide bonds. The van der Waals surface area contributed by atoms with Crippen LogP contribution in [0.4, 0.5) is 18.9 Å². The summed E-state index contributed by atoms with van der Waals surface area (Å²) in [7, 11) is 0. The van der Waals surface area contributed by atoms with Crippen LogP contribution in [0.2, 0.25) is 0 Å². The fourth-order valence-corrected chi connectivity index (χ4v) is 1.83. The molecule has 8 heteroatoms. The van der Waals surface area contributed by atoms with E-state index in [0.717, 1.165) is 11.8 Å². The van der Waals surface area contributed by atoms with Crippen LogP contribution in [0.25, 0.3) is 0 Å². The Bertz CT molecular complexity index is 695. The fraction of sp³-hybridized carbons (Fsp3) is 0.143. The number of aryl methyl sites for hydroxylation is 1. The molecule has 1 aromatic heterocycles. The molecule has 0 saturated carbocycles. The highest BCUT2D eigenvalue weighted by Gasteiger charge is 2.33. The maximum Gasteiger partial charge on any atom is 0.418 e. The van der Waals surface area contributed by atoms with Crippen molar-refractivity contribution in [3.05, 3.63) is 53.5 Å². The van der Waals surface area contributed by atoms with E-state index in [1.165, 1.54) is 24.4 Å². The van der Waals surface area contributed by atoms with Crippen molar-refractivity contribution in [2.45, 2.75) is 13.1 Å². The van der Waals surface area contributed by atoms with Gasteiger partial charge in [-0.15, -0.1) is 0 Å². The summed E-state index contributed by atoms with van der Waals surface area (Å²) in [5, 5.41) is 6.19. The van der Waals surface area contributed by atoms with Crippen LogP contribution in [-0.2, 0) is 6.18 Å². The van der Waals surface area contributed by atoms with Crippen LogP contribution in [0.15, 0.2) is 45.9 Å². The van der Waals surface area contributed by atoms with E-state index in [0.29, 0.717) is 5.76 Å². The predicted molar refractivity (Wildman–Crippen MR) is 81.8 cm³/mol. The SMILES string of the molecule is Cc1ccc(/C=N/NC(=S)Nc2ccccc2C(F)(F)F)o1. The first-order valence-electron chi connectivity index (χ1n) is 6.19. The zero-order chi connectivity index (χ0) is 16.2. The second kappa shape index (κ2) is 6.61. The van der Waals surface area contributed by atoms with Crippen LogP contribution in [0.1, 0.15) is 17.1 Å². The number of alkyl halides is 3. The van der Waals surface area contributed by atoms with Crippen molar-refractivity contribution in [2.24, 2.45) is 5.10 Å². The highest BCUT2D eigenvalue weighted by molar-refractivity contribution is 7.80. The summed E-state index contributed by atoms with van der Waals surface area (Å²) in [6, 6.07) is 8.51. The van der Waals surface area contributed by atoms with Crippen molar-refractivity contribution in [3.63, 3.8) is 0 Å². The first-order chi connectivity index (χ1) is 10.4. The first-order valence-corrected chi connectivity index (χ1v) is 6.60. The monoisotopic (exact) mass is 327 g/mol. The summed E-state index contributed by atoms with van der Waals surface area (Å²) in [4.78, 5) is 0. The molecule has 0 aliphatic rings. The molecule has 1 aromatic carbocycles. The van der Waals surface area contributed by atoms with Crippen molar-refractivity contribution >= 4 is 29.2 Å². The molecule has 0 aliphatic heterocycles. The lowest BCUT2D eigenvalue weighted by atomic mass is 10.2. The van der Waals surface area contributed by atoms with E-state index in [-0.39, 0.29) is 10.8 Å². The van der Waals surface area contributed by atoms with E-state index in [1.54, 1.807) is 19.1 Å². The predicted octanol–water partition coefficient (Wildman–Crippen LogP) is 3.93. The molecule has 0 atom stereocenters. The molecule has 4 nitrogen and oxygen atoms in total. The Morgan fingerprint density at radius 1 is 1.23 bits per heavy atom. The smallest absolute Gasteiger partial charge is 0.418 e. The number of hydrazone groups is 1. The third-order valence-electron chi connectivity index (χ3n) is 2.60. The number of halogens is 3. The second-order valence-corrected chi connectivity index (χ2v) is 4.72. The Labute approximate surface area is 130 Å². The normalized spacial score (nSPS) is 11.6. The van der Waals surface area contributed by atoms with Gasteiger partial charge < -0.3 is 9.73 Å². The molecule has 2 rings (SSSR count). The number of nitrogens with zero attached hydrogens (tertiary/aromatic N) is 1. The number of hydrogen-bond donors (Lipinski definition) is 2. The highest BCUT2D eigenvalue weighted by atomic mass is 32.1. The minimum Gasteiger partial charge on any atom is -0.460 e. The first kappa shape index (κ1) is 16.0. The summed E-state index contributed by atoms with van der Waals surface area (Å²) < 4.78 is 43.7. The number of thiocarbonyl (C=S) groups is 1. The number of benzene rings is 1. The third-order valence-corrected chi connectivity index (χ3v) is 2.79. The minimum absolute atomic E-state index is 0.0590. The standard InChI is InChI=1S/C14H12F3N3OS/c1-9-6-7-10(21-9)8-18-20-13(22)19-12-5-3-2-4-11(12)14(15,16)17/h2-8H,1H3,(H2,19,20,22)/b18-8+. The van der Waals surface area contributed by atoms with Gasteiger partial charge in [-0.3, -0.25) is 5.43 Å². The van der Waals surface area contributed by atoms with Crippen LogP contribution in [0.3, 0.4) is 0 Å². The number of hydrogen-bond acceptors (Lipinski definition) is 3. The maximum absolute atomic E-state index is 12.8. The van der Waals surface area contributed by atoms with Gasteiger partial charge in [-0.05, 0) is 43.4 Å². The number of anilines is 1. The lowest BCUT2D eigenvalue weighted by molar-refractivity contribution is -0.136. The van der Waals surface area contributed by atoms with Crippen molar-refractivity contribution in [2.75, 3.05) is 5.32 Å². The Kier molecular flexibility index (Phi) is 4.81. The number of rotatable bonds is 3. The van der Waals surface area contributed by atoms with Crippen LogP contribution in [0, 0.1) is 6.92 Å². The van der Waals surface area contributed by atoms with E-state index in [2.05, 4.69) is 15.8 Å². The average molecular weight is 327 g/mol. The van der Waals surface area contributed by atoms with Gasteiger partial charge in [0.25, 0.3) is 0 Å². The number of nitrogens with one attached hydrogen (secondary N) is 2. The molecule has 0 unspecified atom stereocenters. The van der Waals surface area contributed by atoms with Gasteiger partial charge in [0.15, 0.2) is 5.11 Å². The van der Waals surface area contributed by atoms with Gasteiger partial charge in [0.1, 0.15) is 11.5 Å². The Hall–Kier alpha value is -2.35. The van der Waals surface area contributed by atoms with Crippen molar-refractivity contribution < 1.29 is 17.6 Å². The van der Waals surface area contributed by atoms with Gasteiger partial charge in [0.2, 0.25) is 0 Å². The summed E-state index contributed by atoms with van der Waals surface area (Å²) in [5.74, 6) is 1.23. The van der Waals surface area contributed by atoms with Crippen LogP contribution >= 0.6 is 12.2 Å². The Balaban J connectivity index is 1.99. The van der Waals surface area contributed by atoms with Crippen molar-refractivity contribution in [3.8, 4) is 0 Å². The third kappa shape index (κ3) is 4.32. The molecule has 0 radical (unpaired) electrons. The van der Waals surface area contributed by atoms with Crippen LogP contribution in [0.5, 0.6) is 0 Å². The zero-order valence-electron chi connectivity index (χ0n) is 11.4. The second-order valence-electron chi connectivity index (χ2n) is 4.32. The van der Waals surface area contributed by atoms with Gasteiger partial charge in [0.05, 0.1) is 17.5 Å². The van der Waals surface area contributed by atoms with Gasteiger partial charge in [-0.25, -0.2) is 0 Å². The molecule has 0 bridgehead atoms.